The van der Waals surface area contributed by atoms with Crippen LogP contribution in [0.2, 0.25) is 0 Å². The van der Waals surface area contributed by atoms with Crippen molar-refractivity contribution in [3.8, 4) is 0 Å². The van der Waals surface area contributed by atoms with Crippen LogP contribution < -0.4 is 0 Å². The van der Waals surface area contributed by atoms with E-state index in [1.807, 2.05) is 6.92 Å². The predicted molar refractivity (Wildman–Crippen MR) is 127 cm³/mol. The first kappa shape index (κ1) is 24.2. The molecule has 4 saturated carbocycles. The molecule has 0 heterocycles. The van der Waals surface area contributed by atoms with Crippen molar-refractivity contribution in [2.24, 2.45) is 39.9 Å². The van der Waals surface area contributed by atoms with Crippen molar-refractivity contribution in [3.05, 3.63) is 23.8 Å². The van der Waals surface area contributed by atoms with Crippen LogP contribution in [0.1, 0.15) is 66.2 Å². The van der Waals surface area contributed by atoms with Crippen molar-refractivity contribution in [2.45, 2.75) is 77.9 Å². The number of ketones is 1. The van der Waals surface area contributed by atoms with E-state index in [0.717, 1.165) is 25.7 Å². The van der Waals surface area contributed by atoms with Crippen LogP contribution in [-0.2, 0) is 19.1 Å². The number of thioether (sulfide) groups is 1. The van der Waals surface area contributed by atoms with Gasteiger partial charge in [-0.15, -0.1) is 0 Å². The second-order valence-electron chi connectivity index (χ2n) is 12.0. The smallest absolute Gasteiger partial charge is 0.315 e. The molecule has 0 amide bonds. The molecule has 0 spiro atoms. The van der Waals surface area contributed by atoms with Crippen LogP contribution in [0.3, 0.4) is 0 Å². The van der Waals surface area contributed by atoms with Crippen LogP contribution in [-0.4, -0.2) is 39.7 Å². The first-order valence-electron chi connectivity index (χ1n) is 12.5. The van der Waals surface area contributed by atoms with Crippen LogP contribution in [0.25, 0.3) is 0 Å². The number of hydrogen-bond acceptors (Lipinski definition) is 6. The van der Waals surface area contributed by atoms with Gasteiger partial charge in [0.05, 0.1) is 11.5 Å². The Morgan fingerprint density at radius 2 is 1.94 bits per heavy atom. The molecule has 0 aromatic rings. The predicted octanol–water partition coefficient (Wildman–Crippen LogP) is 4.78. The monoisotopic (exact) mass is 490 g/mol. The number of carbonyl (C=O) groups excluding carboxylic acids is 3. The maximum atomic E-state index is 13.6. The van der Waals surface area contributed by atoms with Crippen molar-refractivity contribution < 1.29 is 28.6 Å². The SMILES string of the molecule is C[C@@H]1C[C@H]2[C@@H]3CCC4=CC(=O)C=C[C@]4(C)[C@H]3CC[C@]2(C)[C@@]1(OC(=O)C1(C)CC1O)C(=O)SCF. The Hall–Kier alpha value is -1.47. The van der Waals surface area contributed by atoms with Crippen molar-refractivity contribution in [1.82, 2.24) is 0 Å². The van der Waals surface area contributed by atoms with Gasteiger partial charge in [0.25, 0.3) is 0 Å². The third-order valence-corrected chi connectivity index (χ3v) is 11.2. The van der Waals surface area contributed by atoms with Crippen LogP contribution in [0.5, 0.6) is 0 Å². The number of carbonyl (C=O) groups is 3. The van der Waals surface area contributed by atoms with E-state index in [0.29, 0.717) is 36.4 Å². The van der Waals surface area contributed by atoms with Crippen molar-refractivity contribution in [1.29, 1.82) is 0 Å². The Labute approximate surface area is 205 Å². The van der Waals surface area contributed by atoms with Crippen LogP contribution >= 0.6 is 11.8 Å². The molecule has 0 aromatic heterocycles. The highest BCUT2D eigenvalue weighted by molar-refractivity contribution is 8.13. The van der Waals surface area contributed by atoms with Gasteiger partial charge in [-0.3, -0.25) is 14.4 Å². The molecular formula is C27H35FO5S. The molecule has 5 aliphatic rings. The summed E-state index contributed by atoms with van der Waals surface area (Å²) >= 11 is 0.603. The number of esters is 1. The number of alkyl halides is 1. The summed E-state index contributed by atoms with van der Waals surface area (Å²) in [5.41, 5.74) is -1.97. The van der Waals surface area contributed by atoms with Crippen molar-refractivity contribution in [3.63, 3.8) is 0 Å². The van der Waals surface area contributed by atoms with E-state index in [4.69, 9.17) is 4.74 Å². The molecule has 5 rings (SSSR count). The van der Waals surface area contributed by atoms with Gasteiger partial charge < -0.3 is 9.84 Å². The van der Waals surface area contributed by atoms with Crippen LogP contribution in [0, 0.1) is 39.9 Å². The summed E-state index contributed by atoms with van der Waals surface area (Å²) in [5, 5.41) is 9.64. The van der Waals surface area contributed by atoms with Crippen LogP contribution in [0.4, 0.5) is 4.39 Å². The van der Waals surface area contributed by atoms with Gasteiger partial charge in [-0.2, -0.15) is 0 Å². The molecule has 0 aliphatic heterocycles. The van der Waals surface area contributed by atoms with E-state index < -0.39 is 39.6 Å². The number of halogens is 1. The van der Waals surface area contributed by atoms with Gasteiger partial charge >= 0.3 is 5.97 Å². The van der Waals surface area contributed by atoms with Gasteiger partial charge in [-0.05, 0) is 87.1 Å². The number of aliphatic hydroxyl groups is 1. The number of allylic oxidation sites excluding steroid dienone is 4. The second kappa shape index (κ2) is 7.76. The summed E-state index contributed by atoms with van der Waals surface area (Å²) in [5.74, 6) is 0.0891. The van der Waals surface area contributed by atoms with E-state index in [1.165, 1.54) is 5.57 Å². The Bertz CT molecular complexity index is 1010. The number of fused-ring (bicyclic) bond motifs is 5. The summed E-state index contributed by atoms with van der Waals surface area (Å²) in [6.07, 6.45) is 9.19. The topological polar surface area (TPSA) is 80.7 Å². The van der Waals surface area contributed by atoms with Crippen molar-refractivity contribution in [2.75, 3.05) is 6.01 Å². The summed E-state index contributed by atoms with van der Waals surface area (Å²) in [6.45, 7) is 7.93. The molecule has 5 nitrogen and oxygen atoms in total. The largest absolute Gasteiger partial charge is 0.449 e. The number of ether oxygens (including phenoxy) is 1. The van der Waals surface area contributed by atoms with Gasteiger partial charge in [0.15, 0.2) is 11.4 Å². The maximum absolute atomic E-state index is 13.6. The van der Waals surface area contributed by atoms with E-state index in [9.17, 15) is 23.9 Å². The van der Waals surface area contributed by atoms with Crippen LogP contribution in [0.15, 0.2) is 23.8 Å². The zero-order valence-electron chi connectivity index (χ0n) is 20.4. The summed E-state index contributed by atoms with van der Waals surface area (Å²) in [7, 11) is 0. The third-order valence-electron chi connectivity index (χ3n) is 10.5. The Morgan fingerprint density at radius 3 is 2.59 bits per heavy atom. The molecule has 9 atom stereocenters. The average Bonchev–Trinajstić information content (AvgIpc) is 3.33. The first-order valence-corrected chi connectivity index (χ1v) is 13.5. The van der Waals surface area contributed by atoms with E-state index in [-0.39, 0.29) is 23.0 Å². The van der Waals surface area contributed by atoms with Gasteiger partial charge in [-0.25, -0.2) is 4.39 Å². The van der Waals surface area contributed by atoms with Gasteiger partial charge in [0.2, 0.25) is 5.12 Å². The fourth-order valence-corrected chi connectivity index (χ4v) is 8.99. The fourth-order valence-electron chi connectivity index (χ4n) is 8.20. The Kier molecular flexibility index (Phi) is 5.53. The Morgan fingerprint density at radius 1 is 1.24 bits per heavy atom. The number of hydrogen-bond donors (Lipinski definition) is 1. The minimum atomic E-state index is -1.41. The lowest BCUT2D eigenvalue weighted by molar-refractivity contribution is -0.195. The average molecular weight is 491 g/mol. The lowest BCUT2D eigenvalue weighted by Gasteiger charge is -2.58. The van der Waals surface area contributed by atoms with Gasteiger partial charge in [-0.1, -0.05) is 32.4 Å². The molecule has 0 radical (unpaired) electrons. The molecule has 186 valence electrons. The molecule has 34 heavy (non-hydrogen) atoms. The highest BCUT2D eigenvalue weighted by atomic mass is 32.2. The molecule has 5 aliphatic carbocycles. The normalized spacial score (nSPS) is 48.9. The zero-order valence-corrected chi connectivity index (χ0v) is 21.3. The minimum absolute atomic E-state index is 0.0524. The molecular weight excluding hydrogens is 455 g/mol. The quantitative estimate of drug-likeness (QED) is 0.572. The highest BCUT2D eigenvalue weighted by Gasteiger charge is 2.72. The standard InChI is InChI=1S/C27H35FO5S/c1-15-11-20-18-6-5-16-12-17(29)7-9-24(16,2)19(18)8-10-26(20,4)27(15,23(32)34-14-28)33-22(31)25(3)13-21(25)30/h7,9,12,15,18-21,30H,5-6,8,10-11,13-14H2,1-4H3/t15-,18-,19+,20+,21?,24+,25?,26+,27+/m1/s1. The summed E-state index contributed by atoms with van der Waals surface area (Å²) in [6, 6.07) is -0.859. The first-order chi connectivity index (χ1) is 15.9. The molecule has 0 aromatic carbocycles. The second-order valence-corrected chi connectivity index (χ2v) is 12.9. The van der Waals surface area contributed by atoms with Crippen molar-refractivity contribution >= 4 is 28.6 Å². The lowest BCUT2D eigenvalue weighted by atomic mass is 9.47. The van der Waals surface area contributed by atoms with Gasteiger partial charge in [0, 0.05) is 16.7 Å². The van der Waals surface area contributed by atoms with Gasteiger partial charge in [0.1, 0.15) is 6.01 Å². The number of aliphatic hydroxyl groups excluding tert-OH is 1. The Balaban J connectivity index is 1.53. The van der Waals surface area contributed by atoms with E-state index >= 15 is 0 Å². The third kappa shape index (κ3) is 3.04. The molecule has 2 unspecified atom stereocenters. The molecule has 4 fully saturated rings. The lowest BCUT2D eigenvalue weighted by Crippen LogP contribution is -2.60. The molecule has 0 saturated heterocycles. The maximum Gasteiger partial charge on any atom is 0.315 e. The minimum Gasteiger partial charge on any atom is -0.449 e. The molecule has 1 N–H and O–H groups in total. The van der Waals surface area contributed by atoms with E-state index in [2.05, 4.69) is 19.9 Å². The highest BCUT2D eigenvalue weighted by Crippen LogP contribution is 2.70. The summed E-state index contributed by atoms with van der Waals surface area (Å²) in [4.78, 5) is 38.9. The summed E-state index contributed by atoms with van der Waals surface area (Å²) < 4.78 is 19.7. The number of rotatable bonds is 4. The molecule has 7 heteroatoms. The molecule has 0 bridgehead atoms. The zero-order chi connectivity index (χ0) is 24.7. The van der Waals surface area contributed by atoms with E-state index in [1.54, 1.807) is 19.1 Å². The fraction of sp³-hybridized carbons (Fsp3) is 0.741.